The van der Waals surface area contributed by atoms with Gasteiger partial charge in [-0.1, -0.05) is 30.3 Å². The molecule has 34 heavy (non-hydrogen) atoms. The first-order valence-corrected chi connectivity index (χ1v) is 10.3. The zero-order chi connectivity index (χ0) is 24.5. The van der Waals surface area contributed by atoms with E-state index in [1.165, 1.54) is 24.4 Å². The summed E-state index contributed by atoms with van der Waals surface area (Å²) in [6.45, 7) is 3.70. The minimum atomic E-state index is -1.06. The zero-order valence-electron chi connectivity index (χ0n) is 18.6. The average molecular weight is 462 g/mol. The van der Waals surface area contributed by atoms with Crippen molar-refractivity contribution in [2.45, 2.75) is 13.8 Å². The van der Waals surface area contributed by atoms with Gasteiger partial charge in [0.1, 0.15) is 11.6 Å². The van der Waals surface area contributed by atoms with Gasteiger partial charge in [0, 0.05) is 5.69 Å². The van der Waals surface area contributed by atoms with E-state index in [1.54, 1.807) is 24.3 Å². The van der Waals surface area contributed by atoms with E-state index in [0.29, 0.717) is 17.0 Å². The molecule has 3 aromatic rings. The number of hydrazone groups is 1. The van der Waals surface area contributed by atoms with Crippen molar-refractivity contribution in [2.24, 2.45) is 5.10 Å². The van der Waals surface area contributed by atoms with Crippen molar-refractivity contribution in [1.29, 1.82) is 0 Å². The highest BCUT2D eigenvalue weighted by Gasteiger charge is 2.14. The van der Waals surface area contributed by atoms with Gasteiger partial charge >= 0.3 is 11.8 Å². The van der Waals surface area contributed by atoms with Gasteiger partial charge in [-0.15, -0.1) is 0 Å². The molecule has 0 saturated carbocycles. The van der Waals surface area contributed by atoms with Gasteiger partial charge in [0.25, 0.3) is 5.91 Å². The number of hydrogen-bond donors (Lipinski definition) is 3. The molecule has 0 spiro atoms. The van der Waals surface area contributed by atoms with Crippen molar-refractivity contribution < 1.29 is 23.5 Å². The number of aryl methyl sites for hydroxylation is 2. The molecule has 0 unspecified atom stereocenters. The van der Waals surface area contributed by atoms with E-state index in [-0.39, 0.29) is 18.2 Å². The summed E-state index contributed by atoms with van der Waals surface area (Å²) in [7, 11) is 0. The second-order valence-corrected chi connectivity index (χ2v) is 7.42. The Kier molecular flexibility index (Phi) is 8.07. The number of carbonyl (C=O) groups excluding carboxylic acids is 3. The minimum absolute atomic E-state index is 0.113. The molecule has 0 radical (unpaired) electrons. The number of nitrogens with one attached hydrogen (secondary N) is 3. The number of nitrogens with zero attached hydrogens (tertiary/aromatic N) is 1. The van der Waals surface area contributed by atoms with Crippen molar-refractivity contribution in [3.8, 4) is 5.75 Å². The molecule has 3 amide bonds. The van der Waals surface area contributed by atoms with Gasteiger partial charge in [-0.05, 0) is 66.9 Å². The maximum Gasteiger partial charge on any atom is 0.329 e. The van der Waals surface area contributed by atoms with E-state index in [4.69, 9.17) is 4.74 Å². The third-order valence-electron chi connectivity index (χ3n) is 4.44. The highest BCUT2D eigenvalue weighted by atomic mass is 19.1. The average Bonchev–Trinajstić information content (AvgIpc) is 2.79. The van der Waals surface area contributed by atoms with Crippen LogP contribution in [-0.2, 0) is 14.4 Å². The molecule has 0 bridgehead atoms. The van der Waals surface area contributed by atoms with E-state index < -0.39 is 17.6 Å². The summed E-state index contributed by atoms with van der Waals surface area (Å²) in [5.41, 5.74) is 5.29. The van der Waals surface area contributed by atoms with Crippen LogP contribution in [0.15, 0.2) is 71.8 Å². The van der Waals surface area contributed by atoms with Gasteiger partial charge in [-0.25, -0.2) is 9.82 Å². The Morgan fingerprint density at radius 2 is 1.65 bits per heavy atom. The molecule has 3 aromatic carbocycles. The molecular formula is C25H23FN4O4. The van der Waals surface area contributed by atoms with Crippen LogP contribution in [0.4, 0.5) is 15.8 Å². The minimum Gasteiger partial charge on any atom is -0.484 e. The molecule has 3 rings (SSSR count). The second kappa shape index (κ2) is 11.4. The SMILES string of the molecule is Cc1cc(C)cc(NC(=O)COc2cccc(/C=N\NC(=O)C(=O)Nc3ccccc3F)c2)c1. The van der Waals surface area contributed by atoms with Crippen LogP contribution in [0.2, 0.25) is 0 Å². The molecule has 0 heterocycles. The van der Waals surface area contributed by atoms with Gasteiger partial charge in [0.15, 0.2) is 6.61 Å². The molecule has 0 aliphatic heterocycles. The number of amides is 3. The summed E-state index contributed by atoms with van der Waals surface area (Å²) in [4.78, 5) is 35.9. The number of hydrogen-bond acceptors (Lipinski definition) is 5. The fourth-order valence-corrected chi connectivity index (χ4v) is 3.04. The van der Waals surface area contributed by atoms with Crippen molar-refractivity contribution in [1.82, 2.24) is 5.43 Å². The largest absolute Gasteiger partial charge is 0.484 e. The van der Waals surface area contributed by atoms with Gasteiger partial charge in [-0.2, -0.15) is 5.10 Å². The number of carbonyl (C=O) groups is 3. The van der Waals surface area contributed by atoms with Gasteiger partial charge in [0.05, 0.1) is 11.9 Å². The van der Waals surface area contributed by atoms with Crippen molar-refractivity contribution in [3.63, 3.8) is 0 Å². The van der Waals surface area contributed by atoms with E-state index >= 15 is 0 Å². The van der Waals surface area contributed by atoms with Crippen LogP contribution in [0.25, 0.3) is 0 Å². The molecule has 9 heteroatoms. The van der Waals surface area contributed by atoms with Crippen LogP contribution in [-0.4, -0.2) is 30.5 Å². The lowest BCUT2D eigenvalue weighted by Gasteiger charge is -2.09. The van der Waals surface area contributed by atoms with E-state index in [0.717, 1.165) is 17.2 Å². The first-order chi connectivity index (χ1) is 16.3. The molecule has 0 atom stereocenters. The van der Waals surface area contributed by atoms with Crippen molar-refractivity contribution in [2.75, 3.05) is 17.2 Å². The number of anilines is 2. The van der Waals surface area contributed by atoms with Crippen molar-refractivity contribution >= 4 is 35.3 Å². The summed E-state index contributed by atoms with van der Waals surface area (Å²) in [5, 5.41) is 8.67. The summed E-state index contributed by atoms with van der Waals surface area (Å²) in [6, 6.07) is 17.9. The quantitative estimate of drug-likeness (QED) is 0.283. The van der Waals surface area contributed by atoms with E-state index in [9.17, 15) is 18.8 Å². The molecule has 0 aromatic heterocycles. The van der Waals surface area contributed by atoms with E-state index in [2.05, 4.69) is 21.2 Å². The van der Waals surface area contributed by atoms with Gasteiger partial charge in [0.2, 0.25) is 0 Å². The maximum atomic E-state index is 13.6. The van der Waals surface area contributed by atoms with E-state index in [1.807, 2.05) is 32.0 Å². The lowest BCUT2D eigenvalue weighted by atomic mass is 10.1. The van der Waals surface area contributed by atoms with Crippen LogP contribution in [0.3, 0.4) is 0 Å². The van der Waals surface area contributed by atoms with Crippen LogP contribution in [0.5, 0.6) is 5.75 Å². The fraction of sp³-hybridized carbons (Fsp3) is 0.120. The Morgan fingerprint density at radius 3 is 2.38 bits per heavy atom. The van der Waals surface area contributed by atoms with Crippen LogP contribution in [0.1, 0.15) is 16.7 Å². The first-order valence-electron chi connectivity index (χ1n) is 10.3. The second-order valence-electron chi connectivity index (χ2n) is 7.42. The molecule has 0 aliphatic rings. The normalized spacial score (nSPS) is 10.6. The third-order valence-corrected chi connectivity index (χ3v) is 4.44. The number of benzene rings is 3. The lowest BCUT2D eigenvalue weighted by molar-refractivity contribution is -0.136. The molecule has 3 N–H and O–H groups in total. The summed E-state index contributed by atoms with van der Waals surface area (Å²) in [6.07, 6.45) is 1.30. The predicted octanol–water partition coefficient (Wildman–Crippen LogP) is 3.55. The molecule has 8 nitrogen and oxygen atoms in total. The fourth-order valence-electron chi connectivity index (χ4n) is 3.04. The zero-order valence-corrected chi connectivity index (χ0v) is 18.6. The van der Waals surface area contributed by atoms with Crippen LogP contribution < -0.4 is 20.8 Å². The van der Waals surface area contributed by atoms with Gasteiger partial charge in [-0.3, -0.25) is 14.4 Å². The number of ether oxygens (including phenoxy) is 1. The lowest BCUT2D eigenvalue weighted by Crippen LogP contribution is -2.32. The number of para-hydroxylation sites is 1. The monoisotopic (exact) mass is 462 g/mol. The Balaban J connectivity index is 1.49. The molecule has 0 fully saturated rings. The summed E-state index contributed by atoms with van der Waals surface area (Å²) >= 11 is 0. The number of halogens is 1. The van der Waals surface area contributed by atoms with Gasteiger partial charge < -0.3 is 15.4 Å². The predicted molar refractivity (Wildman–Crippen MR) is 127 cm³/mol. The van der Waals surface area contributed by atoms with Crippen molar-refractivity contribution in [3.05, 3.63) is 89.2 Å². The Bertz CT molecular complexity index is 1220. The summed E-state index contributed by atoms with van der Waals surface area (Å²) in [5.74, 6) is -2.67. The highest BCUT2D eigenvalue weighted by molar-refractivity contribution is 6.39. The number of rotatable bonds is 7. The molecular weight excluding hydrogens is 439 g/mol. The first kappa shape index (κ1) is 24.1. The smallest absolute Gasteiger partial charge is 0.329 e. The third kappa shape index (κ3) is 7.27. The Morgan fingerprint density at radius 1 is 0.912 bits per heavy atom. The Hall–Kier alpha value is -4.53. The topological polar surface area (TPSA) is 109 Å². The molecule has 0 aliphatic carbocycles. The summed E-state index contributed by atoms with van der Waals surface area (Å²) < 4.78 is 19.1. The maximum absolute atomic E-state index is 13.6. The standard InChI is InChI=1S/C25H23FN4O4/c1-16-10-17(2)12-19(11-16)28-23(31)15-34-20-7-5-6-18(13-20)14-27-30-25(33)24(32)29-22-9-4-3-8-21(22)26/h3-14H,15H2,1-2H3,(H,28,31)(H,29,32)(H,30,33)/b27-14-. The van der Waals surface area contributed by atoms with Crippen LogP contribution in [0, 0.1) is 19.7 Å². The molecule has 0 saturated heterocycles. The van der Waals surface area contributed by atoms with Crippen LogP contribution >= 0.6 is 0 Å². The highest BCUT2D eigenvalue weighted by Crippen LogP contribution is 2.15. The Labute approximate surface area is 195 Å². The molecule has 174 valence electrons.